The molecule has 3 N–H and O–H groups in total. The molecule has 0 amide bonds. The lowest BCUT2D eigenvalue weighted by atomic mass is 9.71. The number of aromatic nitrogens is 2. The normalized spacial score (nSPS) is 19.3. The van der Waals surface area contributed by atoms with Crippen LogP contribution in [0.5, 0.6) is 0 Å². The Kier molecular flexibility index (Phi) is 10.0. The van der Waals surface area contributed by atoms with Gasteiger partial charge in [0.25, 0.3) is 0 Å². The van der Waals surface area contributed by atoms with E-state index in [0.717, 1.165) is 0 Å². The van der Waals surface area contributed by atoms with Gasteiger partial charge in [-0.3, -0.25) is 4.79 Å². The van der Waals surface area contributed by atoms with E-state index in [1.165, 1.54) is 23.5 Å². The molecule has 1 aliphatic rings. The van der Waals surface area contributed by atoms with Crippen LogP contribution in [0, 0.1) is 5.41 Å². The van der Waals surface area contributed by atoms with Gasteiger partial charge in [0, 0.05) is 23.7 Å². The Morgan fingerprint density at radius 3 is 2.27 bits per heavy atom. The lowest BCUT2D eigenvalue weighted by Crippen LogP contribution is -2.41. The average molecular weight is 640 g/mol. The molecule has 0 aliphatic heterocycles. The number of sulfone groups is 1. The van der Waals surface area contributed by atoms with E-state index in [4.69, 9.17) is 33.1 Å². The van der Waals surface area contributed by atoms with Gasteiger partial charge in [-0.05, 0) is 49.9 Å². The van der Waals surface area contributed by atoms with Crippen molar-refractivity contribution in [3.8, 4) is 0 Å². The molecule has 2 heterocycles. The van der Waals surface area contributed by atoms with Gasteiger partial charge in [-0.2, -0.15) is 13.2 Å². The van der Waals surface area contributed by atoms with E-state index in [9.17, 15) is 31.5 Å². The number of carboxylic acid groups (broad SMARTS) is 2. The number of hydrogen-bond acceptors (Lipinski definition) is 8. The Bertz CT molecular complexity index is 1460. The number of pyridine rings is 1. The van der Waals surface area contributed by atoms with Gasteiger partial charge in [0.1, 0.15) is 5.82 Å². The summed E-state index contributed by atoms with van der Waals surface area (Å²) in [5, 5.41) is 22.3. The largest absolute Gasteiger partial charge is 0.490 e. The summed E-state index contributed by atoms with van der Waals surface area (Å²) >= 11 is 13.6. The van der Waals surface area contributed by atoms with Crippen molar-refractivity contribution in [3.05, 3.63) is 63.7 Å². The van der Waals surface area contributed by atoms with Crippen molar-refractivity contribution >= 4 is 67.3 Å². The summed E-state index contributed by atoms with van der Waals surface area (Å²) in [4.78, 5) is 29.9. The zero-order valence-electron chi connectivity index (χ0n) is 20.4. The first-order valence-electron chi connectivity index (χ1n) is 11.5. The van der Waals surface area contributed by atoms with Crippen LogP contribution < -0.4 is 5.32 Å². The molecule has 0 spiro atoms. The van der Waals surface area contributed by atoms with E-state index < -0.39 is 38.6 Å². The number of nitrogens with one attached hydrogen (secondary N) is 1. The second-order valence-electron chi connectivity index (χ2n) is 8.84. The molecule has 16 heteroatoms. The molecule has 0 saturated heterocycles. The maximum atomic E-state index is 13.2. The molecule has 0 radical (unpaired) electrons. The van der Waals surface area contributed by atoms with Crippen LogP contribution in [0.25, 0.3) is 0 Å². The minimum atomic E-state index is -5.08. The van der Waals surface area contributed by atoms with Crippen molar-refractivity contribution in [2.75, 3.05) is 5.32 Å². The second-order valence-corrected chi connectivity index (χ2v) is 12.7. The Morgan fingerprint density at radius 1 is 1.10 bits per heavy atom. The maximum absolute atomic E-state index is 13.2. The molecule has 9 nitrogen and oxygen atoms in total. The third-order valence-corrected chi connectivity index (χ3v) is 10.2. The number of hydrogen-bond donors (Lipinski definition) is 3. The first kappa shape index (κ1) is 31.6. The van der Waals surface area contributed by atoms with Crippen molar-refractivity contribution < 1.29 is 41.4 Å². The van der Waals surface area contributed by atoms with E-state index in [1.54, 1.807) is 24.4 Å². The van der Waals surface area contributed by atoms with E-state index in [2.05, 4.69) is 15.3 Å². The SMILES string of the molecule is O=C(O)C(F)(F)F.O=C(O)[C@]1(Cc2cccc(Nc3nccs3)n2)CC[C@@H](S(=O)(=O)c2cccc(Cl)c2Cl)CC1. The molecule has 1 fully saturated rings. The summed E-state index contributed by atoms with van der Waals surface area (Å²) in [6.45, 7) is 0. The highest BCUT2D eigenvalue weighted by Gasteiger charge is 2.45. The second kappa shape index (κ2) is 12.7. The number of rotatable bonds is 7. The van der Waals surface area contributed by atoms with E-state index in [-0.39, 0.29) is 47.0 Å². The fourth-order valence-electron chi connectivity index (χ4n) is 4.19. The quantitative estimate of drug-likeness (QED) is 0.273. The van der Waals surface area contributed by atoms with Crippen LogP contribution in [0.4, 0.5) is 24.1 Å². The maximum Gasteiger partial charge on any atom is 0.490 e. The van der Waals surface area contributed by atoms with Crippen LogP contribution in [0.15, 0.2) is 52.9 Å². The number of halogens is 5. The first-order valence-corrected chi connectivity index (χ1v) is 14.7. The highest BCUT2D eigenvalue weighted by Crippen LogP contribution is 2.44. The van der Waals surface area contributed by atoms with Crippen LogP contribution in [0.1, 0.15) is 31.4 Å². The zero-order chi connectivity index (χ0) is 29.7. The summed E-state index contributed by atoms with van der Waals surface area (Å²) in [6.07, 6.45) is -2.32. The van der Waals surface area contributed by atoms with Gasteiger partial charge in [0.15, 0.2) is 15.0 Å². The average Bonchev–Trinajstić information content (AvgIpc) is 3.39. The molecule has 40 heavy (non-hydrogen) atoms. The molecule has 2 aromatic heterocycles. The number of carbonyl (C=O) groups is 2. The highest BCUT2D eigenvalue weighted by molar-refractivity contribution is 7.92. The number of nitrogens with zero attached hydrogens (tertiary/aromatic N) is 2. The molecule has 1 aliphatic carbocycles. The standard InChI is InChI=1S/C22H21Cl2N3O4S2.C2HF3O2/c23-16-4-2-5-17(19(16)24)33(30,31)15-7-9-22(10-8-15,20(28)29)13-14-3-1-6-18(26-14)27-21-25-11-12-32-21;3-2(4,5)1(6)7/h1-6,11-12,15H,7-10,13H2,(H,28,29)(H,25,26,27);(H,6,7)/t15-,22-;. The van der Waals surface area contributed by atoms with Crippen molar-refractivity contribution in [1.82, 2.24) is 9.97 Å². The van der Waals surface area contributed by atoms with Gasteiger partial charge in [-0.1, -0.05) is 35.3 Å². The van der Waals surface area contributed by atoms with Crippen molar-refractivity contribution in [1.29, 1.82) is 0 Å². The molecule has 0 unspecified atom stereocenters. The Morgan fingerprint density at radius 2 is 1.73 bits per heavy atom. The number of benzene rings is 1. The van der Waals surface area contributed by atoms with Crippen molar-refractivity contribution in [2.24, 2.45) is 5.41 Å². The van der Waals surface area contributed by atoms with E-state index >= 15 is 0 Å². The van der Waals surface area contributed by atoms with Crippen LogP contribution in [0.3, 0.4) is 0 Å². The van der Waals surface area contributed by atoms with Gasteiger partial charge in [-0.15, -0.1) is 11.3 Å². The molecular formula is C24H22Cl2F3N3O6S2. The number of anilines is 2. The predicted molar refractivity (Wildman–Crippen MR) is 143 cm³/mol. The lowest BCUT2D eigenvalue weighted by molar-refractivity contribution is -0.192. The number of aliphatic carboxylic acids is 2. The zero-order valence-corrected chi connectivity index (χ0v) is 23.5. The number of thiazole rings is 1. The minimum absolute atomic E-state index is 0.00276. The smallest absolute Gasteiger partial charge is 0.481 e. The monoisotopic (exact) mass is 639 g/mol. The molecule has 3 aromatic rings. The molecule has 4 rings (SSSR count). The summed E-state index contributed by atoms with van der Waals surface area (Å²) < 4.78 is 58.1. The van der Waals surface area contributed by atoms with Gasteiger partial charge >= 0.3 is 18.1 Å². The summed E-state index contributed by atoms with van der Waals surface area (Å²) in [5.41, 5.74) is -0.463. The molecule has 1 saturated carbocycles. The van der Waals surface area contributed by atoms with Crippen LogP contribution in [-0.4, -0.2) is 52.0 Å². The fourth-order valence-corrected chi connectivity index (χ4v) is 7.25. The van der Waals surface area contributed by atoms with Gasteiger partial charge in [-0.25, -0.2) is 23.2 Å². The van der Waals surface area contributed by atoms with E-state index in [1.807, 2.05) is 11.4 Å². The van der Waals surface area contributed by atoms with Crippen LogP contribution >= 0.6 is 34.5 Å². The van der Waals surface area contributed by atoms with Crippen LogP contribution in [-0.2, 0) is 25.8 Å². The topological polar surface area (TPSA) is 147 Å². The predicted octanol–water partition coefficient (Wildman–Crippen LogP) is 6.25. The van der Waals surface area contributed by atoms with E-state index in [0.29, 0.717) is 16.6 Å². The Hall–Kier alpha value is -2.94. The molecule has 1 aromatic carbocycles. The summed E-state index contributed by atoms with van der Waals surface area (Å²) in [6, 6.07) is 9.90. The van der Waals surface area contributed by atoms with Gasteiger partial charge in [0.05, 0.1) is 25.6 Å². The molecule has 0 atom stereocenters. The van der Waals surface area contributed by atoms with Crippen LogP contribution in [0.2, 0.25) is 10.0 Å². The highest BCUT2D eigenvalue weighted by atomic mass is 35.5. The van der Waals surface area contributed by atoms with Gasteiger partial charge < -0.3 is 15.5 Å². The lowest BCUT2D eigenvalue weighted by Gasteiger charge is -2.36. The summed E-state index contributed by atoms with van der Waals surface area (Å²) in [7, 11) is -3.74. The molecule has 216 valence electrons. The number of carboxylic acids is 2. The third kappa shape index (κ3) is 7.62. The molecule has 0 bridgehead atoms. The van der Waals surface area contributed by atoms with Crippen molar-refractivity contribution in [3.63, 3.8) is 0 Å². The Balaban J connectivity index is 0.000000559. The molecular weight excluding hydrogens is 618 g/mol. The Labute approximate surface area is 240 Å². The van der Waals surface area contributed by atoms with Crippen molar-refractivity contribution in [2.45, 2.75) is 48.4 Å². The third-order valence-electron chi connectivity index (χ3n) is 6.24. The first-order chi connectivity index (χ1) is 18.7. The van der Waals surface area contributed by atoms with Gasteiger partial charge in [0.2, 0.25) is 0 Å². The minimum Gasteiger partial charge on any atom is -0.481 e. The fraction of sp³-hybridized carbons (Fsp3) is 0.333. The number of alkyl halides is 3. The summed E-state index contributed by atoms with van der Waals surface area (Å²) in [5.74, 6) is -3.12.